The van der Waals surface area contributed by atoms with Gasteiger partial charge in [0.05, 0.1) is 11.3 Å². The molecule has 1 atom stereocenters. The quantitative estimate of drug-likeness (QED) is 0.572. The molecule has 0 aliphatic carbocycles. The van der Waals surface area contributed by atoms with Crippen molar-refractivity contribution in [2.24, 2.45) is 5.73 Å². The van der Waals surface area contributed by atoms with Crippen LogP contribution in [-0.2, 0) is 20.9 Å². The zero-order valence-corrected chi connectivity index (χ0v) is 19.5. The molecule has 3 rings (SSSR count). The third-order valence-corrected chi connectivity index (χ3v) is 5.37. The van der Waals surface area contributed by atoms with Gasteiger partial charge in [0.25, 0.3) is 12.3 Å². The summed E-state index contributed by atoms with van der Waals surface area (Å²) in [5, 5.41) is 9.47. The summed E-state index contributed by atoms with van der Waals surface area (Å²) in [7, 11) is 0. The molecule has 0 radical (unpaired) electrons. The van der Waals surface area contributed by atoms with Crippen LogP contribution in [0, 0.1) is 11.3 Å². The molecule has 35 heavy (non-hydrogen) atoms. The van der Waals surface area contributed by atoms with Crippen molar-refractivity contribution >= 4 is 23.6 Å². The Morgan fingerprint density at radius 2 is 1.97 bits per heavy atom. The van der Waals surface area contributed by atoms with Crippen molar-refractivity contribution in [1.29, 1.82) is 5.26 Å². The lowest BCUT2D eigenvalue weighted by Gasteiger charge is -2.25. The van der Waals surface area contributed by atoms with Gasteiger partial charge in [-0.3, -0.25) is 14.4 Å². The number of nitrogens with two attached hydrogens (primary N) is 2. The van der Waals surface area contributed by atoms with Crippen LogP contribution >= 0.6 is 0 Å². The molecule has 1 aliphatic rings. The normalized spacial score (nSPS) is 14.0. The number of alkyl halides is 2. The molecule has 0 fully saturated rings. The third-order valence-electron chi connectivity index (χ3n) is 5.37. The Morgan fingerprint density at radius 3 is 2.54 bits per heavy atom. The van der Waals surface area contributed by atoms with Crippen LogP contribution in [0.3, 0.4) is 0 Å². The number of esters is 1. The van der Waals surface area contributed by atoms with Gasteiger partial charge in [0, 0.05) is 29.7 Å². The fourth-order valence-electron chi connectivity index (χ4n) is 3.93. The molecule has 2 aromatic rings. The van der Waals surface area contributed by atoms with E-state index in [-0.39, 0.29) is 42.0 Å². The number of primary amides is 1. The van der Waals surface area contributed by atoms with Crippen molar-refractivity contribution in [3.8, 4) is 17.3 Å². The van der Waals surface area contributed by atoms with E-state index in [4.69, 9.17) is 16.2 Å². The first kappa shape index (κ1) is 25.6. The number of hydrogen-bond donors (Lipinski definition) is 2. The molecular weight excluding hydrogens is 460 g/mol. The van der Waals surface area contributed by atoms with Crippen molar-refractivity contribution in [2.75, 3.05) is 5.73 Å². The van der Waals surface area contributed by atoms with Crippen molar-refractivity contribution in [1.82, 2.24) is 9.88 Å². The number of benzene rings is 1. The number of anilines is 1. The van der Waals surface area contributed by atoms with E-state index in [1.807, 2.05) is 0 Å². The predicted octanol–water partition coefficient (Wildman–Crippen LogP) is 3.07. The number of halogens is 2. The van der Waals surface area contributed by atoms with Crippen LogP contribution in [-0.4, -0.2) is 39.3 Å². The summed E-state index contributed by atoms with van der Waals surface area (Å²) in [4.78, 5) is 42.5. The number of ether oxygens (including phenoxy) is 1. The highest BCUT2D eigenvalue weighted by molar-refractivity contribution is 6.01. The van der Waals surface area contributed by atoms with Crippen LogP contribution < -0.4 is 11.5 Å². The Morgan fingerprint density at radius 1 is 1.29 bits per heavy atom. The minimum atomic E-state index is -2.93. The number of carbonyl (C=O) groups is 3. The van der Waals surface area contributed by atoms with Gasteiger partial charge in [0.2, 0.25) is 5.91 Å². The largest absolute Gasteiger partial charge is 0.460 e. The maximum absolute atomic E-state index is 13.4. The van der Waals surface area contributed by atoms with E-state index in [0.717, 1.165) is 6.07 Å². The Kier molecular flexibility index (Phi) is 7.05. The summed E-state index contributed by atoms with van der Waals surface area (Å²) in [6.45, 7) is 5.14. The summed E-state index contributed by atoms with van der Waals surface area (Å²) < 4.78 is 32.1. The van der Waals surface area contributed by atoms with Gasteiger partial charge in [0.1, 0.15) is 23.5 Å². The molecule has 11 heteroatoms. The first-order valence-corrected chi connectivity index (χ1v) is 10.8. The van der Waals surface area contributed by atoms with E-state index < -0.39 is 41.4 Å². The number of rotatable bonds is 7. The molecule has 1 unspecified atom stereocenters. The van der Waals surface area contributed by atoms with E-state index in [1.165, 1.54) is 23.1 Å². The Balaban J connectivity index is 1.90. The third kappa shape index (κ3) is 5.54. The maximum Gasteiger partial charge on any atom is 0.306 e. The smallest absolute Gasteiger partial charge is 0.306 e. The molecular formula is C24H25F2N5O4. The topological polar surface area (TPSA) is 152 Å². The molecule has 0 bridgehead atoms. The van der Waals surface area contributed by atoms with Gasteiger partial charge in [-0.15, -0.1) is 0 Å². The van der Waals surface area contributed by atoms with Crippen LogP contribution in [0.5, 0.6) is 0 Å². The Bertz CT molecular complexity index is 1230. The summed E-state index contributed by atoms with van der Waals surface area (Å²) in [5.41, 5.74) is 10.7. The molecule has 2 heterocycles. The van der Waals surface area contributed by atoms with Gasteiger partial charge in [-0.2, -0.15) is 5.26 Å². The summed E-state index contributed by atoms with van der Waals surface area (Å²) in [6.07, 6.45) is -3.07. The lowest BCUT2D eigenvalue weighted by Crippen LogP contribution is -2.45. The Labute approximate surface area is 200 Å². The standard InChI is InChI=1S/C24H25F2N5O4/c1-24(2,3)35-19(32)7-6-17(22(29)33)31-11-13-8-12(4-5-14(13)23(31)34)20-16(10-27)15(21(25)26)9-18(28)30-20/h4-5,8-9,17,21H,6-7,11H2,1-3H3,(H2,28,30)(H2,29,33). The van der Waals surface area contributed by atoms with E-state index in [1.54, 1.807) is 26.8 Å². The fourth-order valence-corrected chi connectivity index (χ4v) is 3.93. The first-order valence-electron chi connectivity index (χ1n) is 10.8. The minimum absolute atomic E-state index is 0.00413. The number of nitrogens with zero attached hydrogens (tertiary/aromatic N) is 3. The number of amides is 2. The molecule has 9 nitrogen and oxygen atoms in total. The van der Waals surface area contributed by atoms with Crippen molar-refractivity contribution in [2.45, 2.75) is 58.2 Å². The lowest BCUT2D eigenvalue weighted by molar-refractivity contribution is -0.155. The van der Waals surface area contributed by atoms with E-state index in [0.29, 0.717) is 11.1 Å². The molecule has 0 spiro atoms. The first-order chi connectivity index (χ1) is 16.3. The zero-order valence-electron chi connectivity index (χ0n) is 19.5. The zero-order chi connectivity index (χ0) is 26.1. The number of carbonyl (C=O) groups excluding carboxylic acids is 3. The van der Waals surface area contributed by atoms with E-state index >= 15 is 0 Å². The molecule has 1 aromatic heterocycles. The minimum Gasteiger partial charge on any atom is -0.460 e. The second-order valence-corrected chi connectivity index (χ2v) is 9.12. The fraction of sp³-hybridized carbons (Fsp3) is 0.375. The molecule has 4 N–H and O–H groups in total. The highest BCUT2D eigenvalue weighted by Gasteiger charge is 2.36. The molecule has 1 aliphatic heterocycles. The van der Waals surface area contributed by atoms with Gasteiger partial charge in [-0.05, 0) is 51.0 Å². The van der Waals surface area contributed by atoms with Crippen molar-refractivity contribution in [3.05, 3.63) is 46.5 Å². The number of fused-ring (bicyclic) bond motifs is 1. The highest BCUT2D eigenvalue weighted by atomic mass is 19.3. The Hall–Kier alpha value is -4.07. The van der Waals surface area contributed by atoms with Gasteiger partial charge in [-0.1, -0.05) is 6.07 Å². The average molecular weight is 485 g/mol. The second-order valence-electron chi connectivity index (χ2n) is 9.12. The molecule has 0 saturated carbocycles. The lowest BCUT2D eigenvalue weighted by atomic mass is 9.98. The summed E-state index contributed by atoms with van der Waals surface area (Å²) in [5.74, 6) is -1.94. The predicted molar refractivity (Wildman–Crippen MR) is 122 cm³/mol. The molecule has 0 saturated heterocycles. The van der Waals surface area contributed by atoms with Gasteiger partial charge in [0.15, 0.2) is 0 Å². The van der Waals surface area contributed by atoms with Gasteiger partial charge >= 0.3 is 5.97 Å². The number of nitriles is 1. The highest BCUT2D eigenvalue weighted by Crippen LogP contribution is 2.34. The molecule has 1 aromatic carbocycles. The van der Waals surface area contributed by atoms with Crippen LogP contribution in [0.25, 0.3) is 11.3 Å². The average Bonchev–Trinajstić information content (AvgIpc) is 3.07. The van der Waals surface area contributed by atoms with Crippen molar-refractivity contribution < 1.29 is 27.9 Å². The van der Waals surface area contributed by atoms with Crippen LogP contribution in [0.1, 0.15) is 67.1 Å². The van der Waals surface area contributed by atoms with Crippen LogP contribution in [0.4, 0.5) is 14.6 Å². The van der Waals surface area contributed by atoms with Crippen LogP contribution in [0.15, 0.2) is 24.3 Å². The molecule has 184 valence electrons. The van der Waals surface area contributed by atoms with Crippen LogP contribution in [0.2, 0.25) is 0 Å². The molecule has 2 amide bonds. The number of nitrogen functional groups attached to an aromatic ring is 1. The summed E-state index contributed by atoms with van der Waals surface area (Å²) in [6, 6.07) is 6.12. The second kappa shape index (κ2) is 9.66. The maximum atomic E-state index is 13.4. The van der Waals surface area contributed by atoms with Gasteiger partial charge < -0.3 is 21.1 Å². The van der Waals surface area contributed by atoms with Crippen molar-refractivity contribution in [3.63, 3.8) is 0 Å². The summed E-state index contributed by atoms with van der Waals surface area (Å²) >= 11 is 0. The van der Waals surface area contributed by atoms with Gasteiger partial charge in [-0.25, -0.2) is 13.8 Å². The van der Waals surface area contributed by atoms with E-state index in [2.05, 4.69) is 4.98 Å². The SMILES string of the molecule is CC(C)(C)OC(=O)CCC(C(N)=O)N1Cc2cc(-c3nc(N)cc(C(F)F)c3C#N)ccc2C1=O. The van der Waals surface area contributed by atoms with E-state index in [9.17, 15) is 28.4 Å². The number of pyridine rings is 1. The number of aromatic nitrogens is 1. The monoisotopic (exact) mass is 485 g/mol. The number of hydrogen-bond acceptors (Lipinski definition) is 7.